The Kier molecular flexibility index (Phi) is 2.69. The maximum absolute atomic E-state index is 11.3. The zero-order valence-corrected chi connectivity index (χ0v) is 9.26. The Balaban J connectivity index is 2.88. The third-order valence-corrected chi connectivity index (χ3v) is 3.41. The summed E-state index contributed by atoms with van der Waals surface area (Å²) in [5, 5.41) is 0. The molecule has 0 bridgehead atoms. The molecule has 1 aliphatic heterocycles. The van der Waals surface area contributed by atoms with E-state index in [0.29, 0.717) is 24.2 Å². The zero-order valence-electron chi connectivity index (χ0n) is 9.26. The first-order valence-corrected chi connectivity index (χ1v) is 5.09. The monoisotopic (exact) mass is 184 g/mol. The maximum Gasteiger partial charge on any atom is 0.306 e. The van der Waals surface area contributed by atoms with Gasteiger partial charge in [-0.2, -0.15) is 0 Å². The van der Waals surface area contributed by atoms with Crippen LogP contribution in [0.15, 0.2) is 0 Å². The summed E-state index contributed by atoms with van der Waals surface area (Å²) in [6.45, 7) is 10.6. The van der Waals surface area contributed by atoms with E-state index >= 15 is 0 Å². The van der Waals surface area contributed by atoms with Gasteiger partial charge in [0.15, 0.2) is 0 Å². The van der Waals surface area contributed by atoms with Crippen molar-refractivity contribution in [3.05, 3.63) is 0 Å². The highest BCUT2D eigenvalue weighted by atomic mass is 16.6. The molecule has 0 amide bonds. The second-order valence-corrected chi connectivity index (χ2v) is 4.87. The highest BCUT2D eigenvalue weighted by Gasteiger charge is 2.48. The molecule has 1 aliphatic rings. The molecule has 1 saturated heterocycles. The Labute approximate surface area is 80.7 Å². The number of ether oxygens (including phenoxy) is 1. The molecule has 0 radical (unpaired) electrons. The van der Waals surface area contributed by atoms with Gasteiger partial charge < -0.3 is 4.74 Å². The van der Waals surface area contributed by atoms with E-state index in [0.717, 1.165) is 0 Å². The molecule has 1 fully saturated rings. The lowest BCUT2D eigenvalue weighted by atomic mass is 9.74. The van der Waals surface area contributed by atoms with Crippen LogP contribution in [0.3, 0.4) is 0 Å². The van der Waals surface area contributed by atoms with E-state index < -0.39 is 0 Å². The molecule has 76 valence electrons. The van der Waals surface area contributed by atoms with Gasteiger partial charge in [-0.3, -0.25) is 4.79 Å². The van der Waals surface area contributed by atoms with E-state index in [1.54, 1.807) is 0 Å². The second kappa shape index (κ2) is 3.32. The van der Waals surface area contributed by atoms with Crippen LogP contribution in [0.4, 0.5) is 0 Å². The summed E-state index contributed by atoms with van der Waals surface area (Å²) in [6, 6.07) is 0. The van der Waals surface area contributed by atoms with Gasteiger partial charge in [0.25, 0.3) is 0 Å². The molecular formula is C11H20O2. The van der Waals surface area contributed by atoms with Crippen LogP contribution in [0.25, 0.3) is 0 Å². The number of cyclic esters (lactones) is 1. The van der Waals surface area contributed by atoms with Crippen LogP contribution < -0.4 is 0 Å². The Morgan fingerprint density at radius 2 is 1.92 bits per heavy atom. The average molecular weight is 184 g/mol. The highest BCUT2D eigenvalue weighted by molar-refractivity contribution is 5.73. The van der Waals surface area contributed by atoms with Gasteiger partial charge in [0.2, 0.25) is 0 Å². The third-order valence-electron chi connectivity index (χ3n) is 3.41. The molecule has 0 spiro atoms. The number of rotatable bonds is 2. The molecule has 0 aliphatic carbocycles. The molecule has 2 heteroatoms. The normalized spacial score (nSPS) is 34.4. The maximum atomic E-state index is 11.3. The molecule has 2 nitrogen and oxygen atoms in total. The number of hydrogen-bond donors (Lipinski definition) is 0. The smallest absolute Gasteiger partial charge is 0.306 e. The minimum absolute atomic E-state index is 0.0325. The Morgan fingerprint density at radius 3 is 2.23 bits per heavy atom. The van der Waals surface area contributed by atoms with Crippen molar-refractivity contribution in [3.63, 3.8) is 0 Å². The van der Waals surface area contributed by atoms with Gasteiger partial charge in [0.05, 0.1) is 6.42 Å². The summed E-state index contributed by atoms with van der Waals surface area (Å²) in [5.74, 6) is 1.25. The summed E-state index contributed by atoms with van der Waals surface area (Å²) in [7, 11) is 0. The Hall–Kier alpha value is -0.530. The predicted octanol–water partition coefficient (Wildman–Crippen LogP) is 2.62. The largest absolute Gasteiger partial charge is 0.459 e. The lowest BCUT2D eigenvalue weighted by Crippen LogP contribution is -2.39. The number of carbonyl (C=O) groups is 1. The first kappa shape index (κ1) is 10.6. The van der Waals surface area contributed by atoms with Crippen LogP contribution in [-0.4, -0.2) is 11.6 Å². The van der Waals surface area contributed by atoms with Crippen LogP contribution in [0.5, 0.6) is 0 Å². The molecule has 2 atom stereocenters. The molecule has 1 unspecified atom stereocenters. The van der Waals surface area contributed by atoms with Crippen molar-refractivity contribution in [3.8, 4) is 0 Å². The van der Waals surface area contributed by atoms with Crippen molar-refractivity contribution in [2.75, 3.05) is 0 Å². The highest BCUT2D eigenvalue weighted by Crippen LogP contribution is 2.42. The summed E-state index contributed by atoms with van der Waals surface area (Å²) in [6.07, 6.45) is 0.590. The van der Waals surface area contributed by atoms with Gasteiger partial charge in [0.1, 0.15) is 5.60 Å². The number of hydrogen-bond acceptors (Lipinski definition) is 2. The van der Waals surface area contributed by atoms with E-state index in [1.807, 2.05) is 0 Å². The molecule has 1 rings (SSSR count). The van der Waals surface area contributed by atoms with Crippen molar-refractivity contribution in [1.29, 1.82) is 0 Å². The predicted molar refractivity (Wildman–Crippen MR) is 52.3 cm³/mol. The van der Waals surface area contributed by atoms with Crippen molar-refractivity contribution in [2.24, 2.45) is 17.8 Å². The third kappa shape index (κ3) is 1.72. The molecular weight excluding hydrogens is 164 g/mol. The standard InChI is InChI=1S/C11H20O2/c1-7(2)9-6-10(12)13-11(9,5)8(3)4/h7-9H,6H2,1-5H3/t9?,11-/m1/s1. The Bertz CT molecular complexity index is 208. The summed E-state index contributed by atoms with van der Waals surface area (Å²) < 4.78 is 5.45. The van der Waals surface area contributed by atoms with Gasteiger partial charge in [0, 0.05) is 5.92 Å². The van der Waals surface area contributed by atoms with E-state index in [-0.39, 0.29) is 11.6 Å². The van der Waals surface area contributed by atoms with E-state index in [9.17, 15) is 4.79 Å². The van der Waals surface area contributed by atoms with Gasteiger partial charge in [-0.05, 0) is 18.8 Å². The van der Waals surface area contributed by atoms with Crippen molar-refractivity contribution < 1.29 is 9.53 Å². The molecule has 0 aromatic carbocycles. The van der Waals surface area contributed by atoms with Crippen LogP contribution in [-0.2, 0) is 9.53 Å². The average Bonchev–Trinajstić information content (AvgIpc) is 2.27. The fourth-order valence-corrected chi connectivity index (χ4v) is 2.19. The van der Waals surface area contributed by atoms with Crippen LogP contribution >= 0.6 is 0 Å². The lowest BCUT2D eigenvalue weighted by Gasteiger charge is -2.35. The van der Waals surface area contributed by atoms with E-state index in [4.69, 9.17) is 4.74 Å². The minimum Gasteiger partial charge on any atom is -0.459 e. The van der Waals surface area contributed by atoms with E-state index in [2.05, 4.69) is 34.6 Å². The van der Waals surface area contributed by atoms with E-state index in [1.165, 1.54) is 0 Å². The quantitative estimate of drug-likeness (QED) is 0.617. The van der Waals surface area contributed by atoms with Gasteiger partial charge in [-0.15, -0.1) is 0 Å². The number of esters is 1. The molecule has 0 aromatic heterocycles. The number of carbonyl (C=O) groups excluding carboxylic acids is 1. The molecule has 0 saturated carbocycles. The van der Waals surface area contributed by atoms with Gasteiger partial charge in [-0.25, -0.2) is 0 Å². The minimum atomic E-state index is -0.245. The van der Waals surface area contributed by atoms with Crippen molar-refractivity contribution in [1.82, 2.24) is 0 Å². The fourth-order valence-electron chi connectivity index (χ4n) is 2.19. The zero-order chi connectivity index (χ0) is 10.2. The lowest BCUT2D eigenvalue weighted by molar-refractivity contribution is -0.152. The topological polar surface area (TPSA) is 26.3 Å². The SMILES string of the molecule is CC(C)C1CC(=O)O[C@]1(C)C(C)C. The second-order valence-electron chi connectivity index (χ2n) is 4.87. The first-order valence-electron chi connectivity index (χ1n) is 5.09. The van der Waals surface area contributed by atoms with Crippen molar-refractivity contribution >= 4 is 5.97 Å². The van der Waals surface area contributed by atoms with Gasteiger partial charge >= 0.3 is 5.97 Å². The Morgan fingerprint density at radius 1 is 1.38 bits per heavy atom. The van der Waals surface area contributed by atoms with Crippen LogP contribution in [0.2, 0.25) is 0 Å². The fraction of sp³-hybridized carbons (Fsp3) is 0.909. The van der Waals surface area contributed by atoms with Crippen molar-refractivity contribution in [2.45, 2.75) is 46.6 Å². The summed E-state index contributed by atoms with van der Waals surface area (Å²) in [4.78, 5) is 11.3. The molecule has 1 heterocycles. The van der Waals surface area contributed by atoms with Gasteiger partial charge in [-0.1, -0.05) is 27.7 Å². The summed E-state index contributed by atoms with van der Waals surface area (Å²) >= 11 is 0. The van der Waals surface area contributed by atoms with Crippen LogP contribution in [0, 0.1) is 17.8 Å². The molecule has 0 aromatic rings. The summed E-state index contributed by atoms with van der Waals surface area (Å²) in [5.41, 5.74) is -0.245. The molecule has 0 N–H and O–H groups in total. The van der Waals surface area contributed by atoms with Crippen LogP contribution in [0.1, 0.15) is 41.0 Å². The molecule has 13 heavy (non-hydrogen) atoms. The first-order chi connectivity index (χ1) is 5.88.